The van der Waals surface area contributed by atoms with Gasteiger partial charge in [-0.1, -0.05) is 25.3 Å². The fourth-order valence-electron chi connectivity index (χ4n) is 3.91. The molecule has 3 aromatic rings. The van der Waals surface area contributed by atoms with Gasteiger partial charge in [0.05, 0.1) is 12.0 Å². The Balaban J connectivity index is 1.43. The third-order valence-corrected chi connectivity index (χ3v) is 6.94. The van der Waals surface area contributed by atoms with E-state index in [1.54, 1.807) is 36.4 Å². The zero-order valence-corrected chi connectivity index (χ0v) is 19.7. The lowest BCUT2D eigenvalue weighted by Crippen LogP contribution is -2.23. The van der Waals surface area contributed by atoms with Crippen LogP contribution in [0.1, 0.15) is 37.9 Å². The van der Waals surface area contributed by atoms with Gasteiger partial charge in [0.2, 0.25) is 0 Å². The van der Waals surface area contributed by atoms with E-state index in [1.807, 2.05) is 13.0 Å². The van der Waals surface area contributed by atoms with Gasteiger partial charge in [0, 0.05) is 29.5 Å². The fourth-order valence-corrected chi connectivity index (χ4v) is 5.01. The molecule has 0 atom stereocenters. The number of methoxy groups -OCH3 is 1. The molecular formula is C24H29N5O3S. The van der Waals surface area contributed by atoms with Crippen LogP contribution in [0.3, 0.4) is 0 Å². The smallest absolute Gasteiger partial charge is 0.262 e. The van der Waals surface area contributed by atoms with Crippen LogP contribution in [0.15, 0.2) is 59.5 Å². The lowest BCUT2D eigenvalue weighted by atomic mass is 9.95. The first kappa shape index (κ1) is 22.8. The van der Waals surface area contributed by atoms with Crippen LogP contribution >= 0.6 is 0 Å². The minimum absolute atomic E-state index is 0.138. The molecule has 0 amide bonds. The van der Waals surface area contributed by atoms with Gasteiger partial charge < -0.3 is 15.4 Å². The Labute approximate surface area is 194 Å². The Hall–Kier alpha value is -3.33. The first-order valence-electron chi connectivity index (χ1n) is 11.1. The standard InChI is InChI=1S/C24H29N5O3S/c1-17-25-23(27-18-7-4-3-5-8-18)16-24(26-17)28-19-11-13-20(14-12-19)29-33(30,31)22-10-6-9-21(15-22)32-2/h6,9-16,18,29H,3-5,7-8H2,1-2H3,(H2,25,26,27,28). The van der Waals surface area contributed by atoms with E-state index in [2.05, 4.69) is 25.3 Å². The second-order valence-corrected chi connectivity index (χ2v) is 9.83. The summed E-state index contributed by atoms with van der Waals surface area (Å²) in [6.07, 6.45) is 6.14. The van der Waals surface area contributed by atoms with Crippen molar-refractivity contribution in [1.29, 1.82) is 0 Å². The maximum Gasteiger partial charge on any atom is 0.262 e. The van der Waals surface area contributed by atoms with Crippen LogP contribution < -0.4 is 20.1 Å². The number of aryl methyl sites for hydroxylation is 1. The van der Waals surface area contributed by atoms with Crippen molar-refractivity contribution in [1.82, 2.24) is 9.97 Å². The van der Waals surface area contributed by atoms with E-state index in [4.69, 9.17) is 4.74 Å². The predicted octanol–water partition coefficient (Wildman–Crippen LogP) is 5.08. The zero-order chi connectivity index (χ0) is 23.3. The Morgan fingerprint density at radius 3 is 2.33 bits per heavy atom. The third-order valence-electron chi connectivity index (χ3n) is 5.56. The summed E-state index contributed by atoms with van der Waals surface area (Å²) in [7, 11) is -2.22. The molecule has 1 heterocycles. The van der Waals surface area contributed by atoms with Gasteiger partial charge >= 0.3 is 0 Å². The molecule has 9 heteroatoms. The number of hydrogen-bond donors (Lipinski definition) is 3. The highest BCUT2D eigenvalue weighted by atomic mass is 32.2. The number of ether oxygens (including phenoxy) is 1. The van der Waals surface area contributed by atoms with Gasteiger partial charge in [0.25, 0.3) is 10.0 Å². The molecule has 33 heavy (non-hydrogen) atoms. The number of benzene rings is 2. The van der Waals surface area contributed by atoms with Crippen LogP contribution in [0, 0.1) is 6.92 Å². The number of sulfonamides is 1. The van der Waals surface area contributed by atoms with Crippen molar-refractivity contribution < 1.29 is 13.2 Å². The van der Waals surface area contributed by atoms with Crippen LogP contribution in [0.25, 0.3) is 0 Å². The van der Waals surface area contributed by atoms with E-state index in [0.29, 0.717) is 29.1 Å². The largest absolute Gasteiger partial charge is 0.497 e. The second kappa shape index (κ2) is 10.1. The molecule has 0 radical (unpaired) electrons. The van der Waals surface area contributed by atoms with E-state index in [-0.39, 0.29) is 4.90 Å². The molecule has 0 bridgehead atoms. The molecule has 1 aromatic heterocycles. The van der Waals surface area contributed by atoms with E-state index >= 15 is 0 Å². The third kappa shape index (κ3) is 6.13. The van der Waals surface area contributed by atoms with E-state index < -0.39 is 10.0 Å². The number of rotatable bonds is 8. The average molecular weight is 468 g/mol. The zero-order valence-electron chi connectivity index (χ0n) is 18.8. The minimum Gasteiger partial charge on any atom is -0.497 e. The molecule has 0 aliphatic heterocycles. The monoisotopic (exact) mass is 467 g/mol. The second-order valence-electron chi connectivity index (χ2n) is 8.15. The molecule has 0 saturated heterocycles. The Morgan fingerprint density at radius 2 is 1.61 bits per heavy atom. The van der Waals surface area contributed by atoms with E-state index in [9.17, 15) is 8.42 Å². The van der Waals surface area contributed by atoms with Crippen LogP contribution in [0.4, 0.5) is 23.0 Å². The van der Waals surface area contributed by atoms with Crippen molar-refractivity contribution in [3.05, 3.63) is 60.4 Å². The summed E-state index contributed by atoms with van der Waals surface area (Å²) >= 11 is 0. The predicted molar refractivity (Wildman–Crippen MR) is 131 cm³/mol. The maximum absolute atomic E-state index is 12.7. The van der Waals surface area contributed by atoms with Gasteiger partial charge in [-0.2, -0.15) is 0 Å². The van der Waals surface area contributed by atoms with Gasteiger partial charge in [-0.15, -0.1) is 0 Å². The average Bonchev–Trinajstić information content (AvgIpc) is 2.80. The fraction of sp³-hybridized carbons (Fsp3) is 0.333. The number of nitrogens with one attached hydrogen (secondary N) is 3. The number of aromatic nitrogens is 2. The molecule has 0 spiro atoms. The van der Waals surface area contributed by atoms with Crippen molar-refractivity contribution in [3.8, 4) is 5.75 Å². The molecule has 3 N–H and O–H groups in total. The number of anilines is 4. The van der Waals surface area contributed by atoms with E-state index in [1.165, 1.54) is 51.3 Å². The summed E-state index contributed by atoms with van der Waals surface area (Å²) < 4.78 is 33.1. The molecule has 0 unspecified atom stereocenters. The Bertz CT molecular complexity index is 1190. The van der Waals surface area contributed by atoms with Gasteiger partial charge in [0.15, 0.2) is 0 Å². The summed E-state index contributed by atoms with van der Waals surface area (Å²) in [6.45, 7) is 1.87. The van der Waals surface area contributed by atoms with Crippen molar-refractivity contribution in [2.45, 2.75) is 50.0 Å². The molecule has 1 aliphatic rings. The lowest BCUT2D eigenvalue weighted by molar-refractivity contribution is 0.413. The molecule has 4 rings (SSSR count). The van der Waals surface area contributed by atoms with Crippen molar-refractivity contribution >= 4 is 33.0 Å². The van der Waals surface area contributed by atoms with Crippen LogP contribution in [0.5, 0.6) is 5.75 Å². The Morgan fingerprint density at radius 1 is 0.909 bits per heavy atom. The first-order chi connectivity index (χ1) is 15.9. The molecule has 2 aromatic carbocycles. The number of hydrogen-bond acceptors (Lipinski definition) is 7. The van der Waals surface area contributed by atoms with Crippen molar-refractivity contribution in [3.63, 3.8) is 0 Å². The van der Waals surface area contributed by atoms with Crippen molar-refractivity contribution in [2.24, 2.45) is 0 Å². The van der Waals surface area contributed by atoms with Gasteiger partial charge in [-0.25, -0.2) is 18.4 Å². The Kier molecular flexibility index (Phi) is 6.98. The molecule has 1 aliphatic carbocycles. The minimum atomic E-state index is -3.72. The lowest BCUT2D eigenvalue weighted by Gasteiger charge is -2.23. The van der Waals surface area contributed by atoms with Gasteiger partial charge in [-0.05, 0) is 56.2 Å². The summed E-state index contributed by atoms with van der Waals surface area (Å²) in [5.41, 5.74) is 1.25. The SMILES string of the molecule is COc1cccc(S(=O)(=O)Nc2ccc(Nc3cc(NC4CCCCC4)nc(C)n3)cc2)c1. The highest BCUT2D eigenvalue weighted by Crippen LogP contribution is 2.25. The van der Waals surface area contributed by atoms with E-state index in [0.717, 1.165) is 11.5 Å². The highest BCUT2D eigenvalue weighted by molar-refractivity contribution is 7.92. The van der Waals surface area contributed by atoms with Gasteiger partial charge in [0.1, 0.15) is 23.2 Å². The van der Waals surface area contributed by atoms with Crippen LogP contribution in [-0.4, -0.2) is 31.5 Å². The summed E-state index contributed by atoms with van der Waals surface area (Å²) in [5, 5.41) is 6.80. The normalized spacial score (nSPS) is 14.5. The molecule has 1 fully saturated rings. The maximum atomic E-state index is 12.7. The molecule has 1 saturated carbocycles. The molecular weight excluding hydrogens is 438 g/mol. The topological polar surface area (TPSA) is 105 Å². The molecule has 174 valence electrons. The molecule has 8 nitrogen and oxygen atoms in total. The van der Waals surface area contributed by atoms with Gasteiger partial charge in [-0.3, -0.25) is 4.72 Å². The summed E-state index contributed by atoms with van der Waals surface area (Å²) in [4.78, 5) is 9.13. The summed E-state index contributed by atoms with van der Waals surface area (Å²) in [5.74, 6) is 2.67. The van der Waals surface area contributed by atoms with Crippen LogP contribution in [0.2, 0.25) is 0 Å². The van der Waals surface area contributed by atoms with Crippen molar-refractivity contribution in [2.75, 3.05) is 22.5 Å². The summed E-state index contributed by atoms with van der Waals surface area (Å²) in [6, 6.07) is 15.7. The first-order valence-corrected chi connectivity index (χ1v) is 12.6. The highest BCUT2D eigenvalue weighted by Gasteiger charge is 2.16. The quantitative estimate of drug-likeness (QED) is 0.424. The van der Waals surface area contributed by atoms with Crippen LogP contribution in [-0.2, 0) is 10.0 Å². The number of nitrogens with zero attached hydrogens (tertiary/aromatic N) is 2.